The molecule has 0 saturated carbocycles. The third-order valence-corrected chi connectivity index (χ3v) is 14.0. The van der Waals surface area contributed by atoms with E-state index in [4.69, 9.17) is 17.8 Å². The number of fused-ring (bicyclic) bond motifs is 2. The van der Waals surface area contributed by atoms with E-state index >= 15 is 0 Å². The van der Waals surface area contributed by atoms with E-state index in [9.17, 15) is 85.6 Å². The molecule has 28 nitrogen and oxygen atoms in total. The molecule has 5 aromatic rings. The number of H-pyrrole nitrogens is 2. The minimum Gasteiger partial charge on any atom is -0.744 e. The second-order valence-corrected chi connectivity index (χ2v) is 21.0. The van der Waals surface area contributed by atoms with Gasteiger partial charge in [0, 0.05) is 0 Å². The molecular weight excluding hydrogens is 983 g/mol. The Labute approximate surface area is 369 Å². The Morgan fingerprint density at radius 2 is 0.862 bits per heavy atom. The summed E-state index contributed by atoms with van der Waals surface area (Å²) in [7, 11) is -44.3. The second-order valence-electron chi connectivity index (χ2n) is 10.1. The minimum atomic E-state index is -6.00. The number of rotatable bonds is 10. The summed E-state index contributed by atoms with van der Waals surface area (Å²) in [5, 5.41) is -2.49. The van der Waals surface area contributed by atoms with Crippen LogP contribution in [0.3, 0.4) is 0 Å². The Kier molecular flexibility index (Phi) is 15.1. The largest absolute Gasteiger partial charge is 1.00 e. The average Bonchev–Trinajstić information content (AvgIpc) is 3.62. The van der Waals surface area contributed by atoms with Crippen molar-refractivity contribution in [1.29, 1.82) is 0 Å². The summed E-state index contributed by atoms with van der Waals surface area (Å²) in [4.78, 5) is -1.20. The van der Waals surface area contributed by atoms with Gasteiger partial charge in [-0.2, -0.15) is 50.5 Å². The fourth-order valence-electron chi connectivity index (χ4n) is 4.33. The number of imidazole rings is 2. The molecule has 2 aromatic heterocycles. The van der Waals surface area contributed by atoms with Gasteiger partial charge in [0.05, 0.1) is 15.9 Å². The smallest absolute Gasteiger partial charge is 0.744 e. The van der Waals surface area contributed by atoms with E-state index in [0.29, 0.717) is 0 Å². The summed E-state index contributed by atoms with van der Waals surface area (Å²) in [6.07, 6.45) is 0. The van der Waals surface area contributed by atoms with E-state index in [-0.39, 0.29) is 77.0 Å². The van der Waals surface area contributed by atoms with Crippen molar-refractivity contribution < 1.29 is 163 Å². The molecule has 38 heteroatoms. The van der Waals surface area contributed by atoms with Crippen LogP contribution in [0.25, 0.3) is 22.1 Å². The van der Waals surface area contributed by atoms with Crippen LogP contribution < -0.4 is 63.3 Å². The van der Waals surface area contributed by atoms with Crippen molar-refractivity contribution >= 4 is 103 Å². The standard InChI is InChI=1S/C13H10N2O12S4.C7H6N2O12S4.2Na/c16-28(17,18)9-6-8-10(12(30(22,23)24)11(9)29(19,20)21)15-13(14-8)31(25,26)27-7-4-2-1-3-5-7;10-22(11,12)3-1-2-4(9-7(8-2)25(19,20)21)6(24(16,17)18)5(3)23(13,14)15;;/h1-6H,(H,14,15)(H,16,17,18)(H,19,20,21)(H,22,23,24);1H,(H,8,9)(H,10,11,12)(H,13,14,15)(H,16,17,18)(H,19,20,21);;/q;;2*+1/p-2. The molecule has 0 radical (unpaired) electrons. The van der Waals surface area contributed by atoms with Gasteiger partial charge in [0.2, 0.25) is 0 Å². The maximum absolute atomic E-state index is 12.4. The summed E-state index contributed by atoms with van der Waals surface area (Å²) in [5.41, 5.74) is -3.95. The minimum absolute atomic E-state index is 0. The quantitative estimate of drug-likeness (QED) is 0.0388. The second kappa shape index (κ2) is 16.9. The van der Waals surface area contributed by atoms with Crippen LogP contribution in [0, 0.1) is 0 Å². The zero-order valence-corrected chi connectivity index (χ0v) is 38.2. The van der Waals surface area contributed by atoms with Crippen molar-refractivity contribution in [2.75, 3.05) is 0 Å². The van der Waals surface area contributed by atoms with Crippen molar-refractivity contribution in [3.63, 3.8) is 0 Å². The van der Waals surface area contributed by atoms with Gasteiger partial charge in [-0.3, -0.25) is 22.8 Å². The topological polar surface area (TPSA) is 487 Å². The van der Waals surface area contributed by atoms with Gasteiger partial charge >= 0.3 is 79.4 Å². The molecular formula is C20H14N4Na2O24S8. The molecule has 0 fully saturated rings. The number of nitrogens with one attached hydrogen (secondary N) is 2. The molecule has 0 aliphatic rings. The van der Waals surface area contributed by atoms with Crippen LogP contribution in [0.15, 0.2) is 82.2 Å². The number of hydrogen-bond donors (Lipinski definition) is 7. The normalized spacial score (nSPS) is 13.2. The first kappa shape index (κ1) is 51.9. The van der Waals surface area contributed by atoms with Crippen molar-refractivity contribution in [3.05, 3.63) is 42.5 Å². The molecule has 0 bridgehead atoms. The van der Waals surface area contributed by atoms with Gasteiger partial charge < -0.3 is 23.3 Å². The maximum atomic E-state index is 12.4. The molecule has 0 saturated heterocycles. The first-order chi connectivity index (χ1) is 25.0. The van der Waals surface area contributed by atoms with E-state index in [2.05, 4.69) is 9.97 Å². The average molecular weight is 997 g/mol. The molecule has 0 spiro atoms. The zero-order chi connectivity index (χ0) is 43.0. The molecule has 0 aliphatic carbocycles. The van der Waals surface area contributed by atoms with Crippen molar-refractivity contribution in [1.82, 2.24) is 19.9 Å². The molecule has 7 N–H and O–H groups in total. The first-order valence-corrected chi connectivity index (χ1v) is 24.3. The van der Waals surface area contributed by atoms with E-state index < -0.39 is 143 Å². The van der Waals surface area contributed by atoms with Crippen LogP contribution in [0.2, 0.25) is 0 Å². The van der Waals surface area contributed by atoms with E-state index in [1.807, 2.05) is 4.98 Å². The summed E-state index contributed by atoms with van der Waals surface area (Å²) in [5.74, 6) is -0.207. The Balaban J connectivity index is 0.000000395. The molecule has 0 aliphatic heterocycles. The van der Waals surface area contributed by atoms with Crippen LogP contribution in [0.4, 0.5) is 0 Å². The predicted molar refractivity (Wildman–Crippen MR) is 171 cm³/mol. The predicted octanol–water partition coefficient (Wildman–Crippen LogP) is -8.06. The van der Waals surface area contributed by atoms with Crippen molar-refractivity contribution in [2.24, 2.45) is 0 Å². The maximum Gasteiger partial charge on any atom is 1.00 e. The molecule has 5 rings (SSSR count). The van der Waals surface area contributed by atoms with Gasteiger partial charge in [-0.15, -0.1) is 0 Å². The monoisotopic (exact) mass is 996 g/mol. The molecule has 3 aromatic carbocycles. The first-order valence-electron chi connectivity index (χ1n) is 12.9. The van der Waals surface area contributed by atoms with Gasteiger partial charge in [0.1, 0.15) is 61.5 Å². The Hall–Kier alpha value is -2.28. The summed E-state index contributed by atoms with van der Waals surface area (Å²) in [6, 6.07) is 7.28. The third kappa shape index (κ3) is 11.3. The number of nitrogens with zero attached hydrogens (tertiary/aromatic N) is 2. The SMILES string of the molecule is O=S(=O)(O)c1nc2c(S(=O)(=O)O)c(S(=O)(=O)O)c(S(=O)(=O)O)cc2[nH]1.O=S(=O)([O-])c1c(S(=O)(=O)O)cc2[nH]c(S(=O)(=O)Oc3ccccc3)nc2c1S(=O)(=O)[O-].[Na+].[Na+]. The fourth-order valence-corrected chi connectivity index (χ4v) is 12.2. The van der Waals surface area contributed by atoms with Gasteiger partial charge in [0.25, 0.3) is 50.8 Å². The molecule has 308 valence electrons. The van der Waals surface area contributed by atoms with Crippen LogP contribution in [-0.4, -0.2) is 119 Å². The van der Waals surface area contributed by atoms with Crippen molar-refractivity contribution in [3.8, 4) is 5.75 Å². The van der Waals surface area contributed by atoms with Crippen LogP contribution >= 0.6 is 0 Å². The summed E-state index contributed by atoms with van der Waals surface area (Å²) in [6.45, 7) is 0. The van der Waals surface area contributed by atoms with Crippen LogP contribution in [-0.2, 0) is 80.9 Å². The summed E-state index contributed by atoms with van der Waals surface area (Å²) < 4.78 is 258. The van der Waals surface area contributed by atoms with Gasteiger partial charge in [-0.05, 0) is 24.3 Å². The zero-order valence-electron chi connectivity index (χ0n) is 27.7. The number of aromatic nitrogens is 4. The number of aromatic amines is 2. The van der Waals surface area contributed by atoms with E-state index in [1.54, 1.807) is 4.98 Å². The van der Waals surface area contributed by atoms with Gasteiger partial charge in [-0.1, -0.05) is 18.2 Å². The molecule has 2 heterocycles. The van der Waals surface area contributed by atoms with Crippen LogP contribution in [0.1, 0.15) is 0 Å². The van der Waals surface area contributed by atoms with Gasteiger partial charge in [-0.25, -0.2) is 26.8 Å². The van der Waals surface area contributed by atoms with Crippen molar-refractivity contribution in [2.45, 2.75) is 39.7 Å². The fraction of sp³-hybridized carbons (Fsp3) is 0. The van der Waals surface area contributed by atoms with E-state index in [1.165, 1.54) is 30.3 Å². The Morgan fingerprint density at radius 3 is 1.24 bits per heavy atom. The third-order valence-electron chi connectivity index (χ3n) is 6.26. The van der Waals surface area contributed by atoms with Crippen LogP contribution in [0.5, 0.6) is 5.75 Å². The molecule has 0 atom stereocenters. The van der Waals surface area contributed by atoms with Gasteiger partial charge in [0.15, 0.2) is 0 Å². The Morgan fingerprint density at radius 1 is 0.483 bits per heavy atom. The number of hydrogen-bond acceptors (Lipinski definition) is 21. The Bertz CT molecular complexity index is 3410. The number of para-hydroxylation sites is 1. The number of benzene rings is 3. The molecule has 0 amide bonds. The molecule has 58 heavy (non-hydrogen) atoms. The summed E-state index contributed by atoms with van der Waals surface area (Å²) >= 11 is 0. The van der Waals surface area contributed by atoms with E-state index in [0.717, 1.165) is 0 Å². The molecule has 0 unspecified atom stereocenters.